The Hall–Kier alpha value is -3.58. The molecule has 7 heteroatoms. The second-order valence-electron chi connectivity index (χ2n) is 7.54. The molecule has 156 valence electrons. The van der Waals surface area contributed by atoms with Crippen LogP contribution in [0.2, 0.25) is 0 Å². The molecular weight excluding hydrogens is 408 g/mol. The summed E-state index contributed by atoms with van der Waals surface area (Å²) in [4.78, 5) is 31.5. The number of rotatable bonds is 3. The van der Waals surface area contributed by atoms with Gasteiger partial charge < -0.3 is 4.57 Å². The molecule has 2 amide bonds. The van der Waals surface area contributed by atoms with E-state index < -0.39 is 11.8 Å². The number of aromatic nitrogens is 2. The van der Waals surface area contributed by atoms with Crippen LogP contribution in [-0.4, -0.2) is 26.5 Å². The van der Waals surface area contributed by atoms with Crippen molar-refractivity contribution in [3.63, 3.8) is 0 Å². The van der Waals surface area contributed by atoms with E-state index in [1.807, 2.05) is 64.1 Å². The van der Waals surface area contributed by atoms with E-state index in [9.17, 15) is 9.59 Å². The third kappa shape index (κ3) is 3.57. The van der Waals surface area contributed by atoms with Crippen LogP contribution < -0.4 is 10.2 Å². The van der Waals surface area contributed by atoms with Gasteiger partial charge in [-0.2, -0.15) is 0 Å². The van der Waals surface area contributed by atoms with Gasteiger partial charge in [0.25, 0.3) is 11.8 Å². The van der Waals surface area contributed by atoms with Crippen LogP contribution in [0.4, 0.5) is 5.69 Å². The summed E-state index contributed by atoms with van der Waals surface area (Å²) in [6, 6.07) is 11.5. The van der Waals surface area contributed by atoms with E-state index in [0.29, 0.717) is 5.69 Å². The highest BCUT2D eigenvalue weighted by Crippen LogP contribution is 2.28. The fourth-order valence-corrected chi connectivity index (χ4v) is 4.11. The maximum Gasteiger partial charge on any atom is 0.270 e. The van der Waals surface area contributed by atoms with E-state index in [0.717, 1.165) is 33.8 Å². The first-order valence-electron chi connectivity index (χ1n) is 9.86. The van der Waals surface area contributed by atoms with Gasteiger partial charge in [0, 0.05) is 29.5 Å². The molecule has 2 aromatic heterocycles. The third-order valence-electron chi connectivity index (χ3n) is 5.61. The minimum atomic E-state index is -0.495. The lowest BCUT2D eigenvalue weighted by Gasteiger charge is -2.30. The Labute approximate surface area is 186 Å². The maximum atomic E-state index is 13.4. The first-order valence-corrected chi connectivity index (χ1v) is 10.3. The third-order valence-corrected chi connectivity index (χ3v) is 5.89. The molecule has 6 nitrogen and oxygen atoms in total. The molecule has 0 spiro atoms. The van der Waals surface area contributed by atoms with Gasteiger partial charge in [0.15, 0.2) is 5.11 Å². The summed E-state index contributed by atoms with van der Waals surface area (Å²) in [5, 5.41) is 2.75. The van der Waals surface area contributed by atoms with Gasteiger partial charge in [0.2, 0.25) is 0 Å². The van der Waals surface area contributed by atoms with Crippen molar-refractivity contribution in [1.82, 2.24) is 14.9 Å². The summed E-state index contributed by atoms with van der Waals surface area (Å²) in [7, 11) is 0. The van der Waals surface area contributed by atoms with Crippen molar-refractivity contribution in [3.05, 3.63) is 82.4 Å². The van der Waals surface area contributed by atoms with Gasteiger partial charge in [-0.25, -0.2) is 0 Å². The van der Waals surface area contributed by atoms with E-state index in [-0.39, 0.29) is 10.7 Å². The van der Waals surface area contributed by atoms with Gasteiger partial charge >= 0.3 is 0 Å². The predicted molar refractivity (Wildman–Crippen MR) is 125 cm³/mol. The average Bonchev–Trinajstić information content (AvgIpc) is 3.02. The molecule has 1 fully saturated rings. The van der Waals surface area contributed by atoms with Gasteiger partial charge in [0.05, 0.1) is 5.69 Å². The molecule has 1 aliphatic heterocycles. The number of nitrogens with zero attached hydrogens (tertiary/aromatic N) is 3. The summed E-state index contributed by atoms with van der Waals surface area (Å²) >= 11 is 5.33. The fraction of sp³-hybridized carbons (Fsp3) is 0.167. The van der Waals surface area contributed by atoms with Crippen molar-refractivity contribution < 1.29 is 9.59 Å². The van der Waals surface area contributed by atoms with Crippen LogP contribution in [0.1, 0.15) is 28.1 Å². The lowest BCUT2D eigenvalue weighted by molar-refractivity contribution is -0.122. The van der Waals surface area contributed by atoms with Crippen LogP contribution in [0.15, 0.2) is 54.4 Å². The van der Waals surface area contributed by atoms with Gasteiger partial charge in [-0.15, -0.1) is 0 Å². The molecule has 1 aliphatic rings. The smallest absolute Gasteiger partial charge is 0.270 e. The largest absolute Gasteiger partial charge is 0.318 e. The first-order chi connectivity index (χ1) is 14.8. The summed E-state index contributed by atoms with van der Waals surface area (Å²) in [5.41, 5.74) is 6.35. The van der Waals surface area contributed by atoms with Gasteiger partial charge in [-0.3, -0.25) is 24.8 Å². The number of anilines is 1. The van der Waals surface area contributed by atoms with E-state index >= 15 is 0 Å². The summed E-state index contributed by atoms with van der Waals surface area (Å²) in [5.74, 6) is -0.929. The molecular formula is C24H22N4O2S. The number of thiocarbonyl (C=S) groups is 1. The summed E-state index contributed by atoms with van der Waals surface area (Å²) in [6.07, 6.45) is 5.10. The molecule has 31 heavy (non-hydrogen) atoms. The molecule has 0 radical (unpaired) electrons. The van der Waals surface area contributed by atoms with Crippen molar-refractivity contribution in [3.8, 4) is 5.69 Å². The molecule has 4 rings (SSSR count). The monoisotopic (exact) mass is 430 g/mol. The van der Waals surface area contributed by atoms with Crippen molar-refractivity contribution in [1.29, 1.82) is 0 Å². The van der Waals surface area contributed by atoms with Crippen molar-refractivity contribution >= 4 is 40.9 Å². The highest BCUT2D eigenvalue weighted by molar-refractivity contribution is 7.80. The molecule has 1 saturated heterocycles. The molecule has 0 saturated carbocycles. The molecule has 1 aromatic carbocycles. The quantitative estimate of drug-likeness (QED) is 0.388. The second-order valence-corrected chi connectivity index (χ2v) is 7.93. The number of benzene rings is 1. The summed E-state index contributed by atoms with van der Waals surface area (Å²) in [6.45, 7) is 7.84. The zero-order chi connectivity index (χ0) is 22.3. The highest BCUT2D eigenvalue weighted by atomic mass is 32.1. The molecule has 1 N–H and O–H groups in total. The number of pyridine rings is 1. The average molecular weight is 431 g/mol. The number of hydrogen-bond acceptors (Lipinski definition) is 4. The summed E-state index contributed by atoms with van der Waals surface area (Å²) < 4.78 is 2.06. The normalized spacial score (nSPS) is 15.5. The molecule has 3 heterocycles. The Morgan fingerprint density at radius 1 is 1.03 bits per heavy atom. The minimum Gasteiger partial charge on any atom is -0.318 e. The van der Waals surface area contributed by atoms with Crippen LogP contribution in [0.5, 0.6) is 0 Å². The van der Waals surface area contributed by atoms with Gasteiger partial charge in [-0.1, -0.05) is 12.1 Å². The Bertz CT molecular complexity index is 1260. The Morgan fingerprint density at radius 3 is 2.45 bits per heavy atom. The number of hydrogen-bond donors (Lipinski definition) is 1. The number of amides is 2. The van der Waals surface area contributed by atoms with Crippen LogP contribution >= 0.6 is 12.2 Å². The topological polar surface area (TPSA) is 67.2 Å². The first kappa shape index (κ1) is 20.7. The Kier molecular flexibility index (Phi) is 5.29. The number of carbonyl (C=O) groups excluding carboxylic acids is 2. The zero-order valence-electron chi connectivity index (χ0n) is 17.8. The lowest BCUT2D eigenvalue weighted by Crippen LogP contribution is -2.54. The molecule has 0 unspecified atom stereocenters. The van der Waals surface area contributed by atoms with Crippen LogP contribution in [-0.2, 0) is 9.59 Å². The zero-order valence-corrected chi connectivity index (χ0v) is 18.6. The number of carbonyl (C=O) groups is 2. The van der Waals surface area contributed by atoms with Crippen molar-refractivity contribution in [2.75, 3.05) is 4.90 Å². The Balaban J connectivity index is 1.79. The number of aryl methyl sites for hydroxylation is 2. The molecule has 0 atom stereocenters. The number of nitrogens with one attached hydrogen (secondary N) is 1. The van der Waals surface area contributed by atoms with Crippen molar-refractivity contribution in [2.24, 2.45) is 0 Å². The lowest BCUT2D eigenvalue weighted by atomic mass is 10.0. The standard InChI is InChI=1S/C24H22N4O2S/c1-14-6-5-7-21(16(14)3)28-23(30)20(22(29)26-24(28)31)13-18-12-15(2)27(17(18)4)19-8-10-25-11-9-19/h5-13H,1-4H3,(H,26,29,31)/b20-13+. The minimum absolute atomic E-state index is 0.0458. The van der Waals surface area contributed by atoms with E-state index in [1.165, 1.54) is 4.90 Å². The molecule has 0 bridgehead atoms. The van der Waals surface area contributed by atoms with Crippen LogP contribution in [0.25, 0.3) is 11.8 Å². The fourth-order valence-electron chi connectivity index (χ4n) is 3.83. The molecule has 0 aliphatic carbocycles. The second kappa shape index (κ2) is 7.92. The van der Waals surface area contributed by atoms with E-state index in [4.69, 9.17) is 12.2 Å². The Morgan fingerprint density at radius 2 is 1.74 bits per heavy atom. The molecule has 3 aromatic rings. The van der Waals surface area contributed by atoms with E-state index in [2.05, 4.69) is 14.9 Å². The van der Waals surface area contributed by atoms with Crippen LogP contribution in [0.3, 0.4) is 0 Å². The maximum absolute atomic E-state index is 13.4. The van der Waals surface area contributed by atoms with Gasteiger partial charge in [-0.05, 0) is 86.9 Å². The SMILES string of the molecule is Cc1cccc(N2C(=O)/C(=C/c3cc(C)n(-c4ccncc4)c3C)C(=O)NC2=S)c1C. The van der Waals surface area contributed by atoms with Gasteiger partial charge in [0.1, 0.15) is 5.57 Å². The van der Waals surface area contributed by atoms with Crippen molar-refractivity contribution in [2.45, 2.75) is 27.7 Å². The highest BCUT2D eigenvalue weighted by Gasteiger charge is 2.35. The van der Waals surface area contributed by atoms with E-state index in [1.54, 1.807) is 18.5 Å². The predicted octanol–water partition coefficient (Wildman–Crippen LogP) is 3.94. The van der Waals surface area contributed by atoms with Crippen LogP contribution in [0, 0.1) is 27.7 Å².